The van der Waals surface area contributed by atoms with E-state index in [1.807, 2.05) is 6.07 Å². The van der Waals surface area contributed by atoms with E-state index in [9.17, 15) is 0 Å². The molecule has 0 bridgehead atoms. The second-order valence-electron chi connectivity index (χ2n) is 5.50. The SMILES string of the molecule is CCCCOCCOC1CCc2cc(OC)ccc2C1N. The lowest BCUT2D eigenvalue weighted by Crippen LogP contribution is -2.34. The highest BCUT2D eigenvalue weighted by atomic mass is 16.5. The lowest BCUT2D eigenvalue weighted by molar-refractivity contribution is -0.0130. The standard InChI is InChI=1S/C17H27NO3/c1-3-4-9-20-10-11-21-16-8-5-13-12-14(19-2)6-7-15(13)17(16)18/h6-7,12,16-17H,3-5,8-11,18H2,1-2H3. The Morgan fingerprint density at radius 3 is 2.86 bits per heavy atom. The molecule has 0 heterocycles. The molecule has 0 saturated carbocycles. The number of benzene rings is 1. The fourth-order valence-electron chi connectivity index (χ4n) is 2.72. The number of aryl methyl sites for hydroxylation is 1. The average molecular weight is 293 g/mol. The Labute approximate surface area is 127 Å². The number of rotatable bonds is 8. The van der Waals surface area contributed by atoms with Crippen LogP contribution in [0.2, 0.25) is 0 Å². The van der Waals surface area contributed by atoms with Gasteiger partial charge in [0.25, 0.3) is 0 Å². The molecular weight excluding hydrogens is 266 g/mol. The number of ether oxygens (including phenoxy) is 3. The van der Waals surface area contributed by atoms with Gasteiger partial charge in [-0.1, -0.05) is 19.4 Å². The van der Waals surface area contributed by atoms with Crippen LogP contribution < -0.4 is 10.5 Å². The molecule has 4 nitrogen and oxygen atoms in total. The van der Waals surface area contributed by atoms with Gasteiger partial charge in [0.05, 0.1) is 32.5 Å². The van der Waals surface area contributed by atoms with E-state index in [1.54, 1.807) is 7.11 Å². The topological polar surface area (TPSA) is 53.7 Å². The highest BCUT2D eigenvalue weighted by Gasteiger charge is 2.27. The van der Waals surface area contributed by atoms with Crippen LogP contribution in [0.3, 0.4) is 0 Å². The Morgan fingerprint density at radius 1 is 1.24 bits per heavy atom. The van der Waals surface area contributed by atoms with Crippen LogP contribution in [-0.4, -0.2) is 33.0 Å². The second kappa shape index (κ2) is 8.37. The number of fused-ring (bicyclic) bond motifs is 1. The largest absolute Gasteiger partial charge is 0.497 e. The van der Waals surface area contributed by atoms with Crippen LogP contribution >= 0.6 is 0 Å². The van der Waals surface area contributed by atoms with Crippen molar-refractivity contribution in [2.75, 3.05) is 26.9 Å². The highest BCUT2D eigenvalue weighted by molar-refractivity contribution is 5.39. The van der Waals surface area contributed by atoms with E-state index < -0.39 is 0 Å². The molecule has 1 aromatic rings. The molecule has 118 valence electrons. The summed E-state index contributed by atoms with van der Waals surface area (Å²) in [6.07, 6.45) is 4.30. The third-order valence-electron chi connectivity index (χ3n) is 4.01. The van der Waals surface area contributed by atoms with Crippen LogP contribution in [-0.2, 0) is 15.9 Å². The average Bonchev–Trinajstić information content (AvgIpc) is 2.52. The minimum atomic E-state index is -0.0599. The molecule has 0 saturated heterocycles. The summed E-state index contributed by atoms with van der Waals surface area (Å²) < 4.78 is 16.7. The molecular formula is C17H27NO3. The quantitative estimate of drug-likeness (QED) is 0.749. The zero-order chi connectivity index (χ0) is 15.1. The van der Waals surface area contributed by atoms with E-state index in [4.69, 9.17) is 19.9 Å². The number of hydrogen-bond donors (Lipinski definition) is 1. The van der Waals surface area contributed by atoms with Crippen molar-refractivity contribution in [1.82, 2.24) is 0 Å². The number of hydrogen-bond acceptors (Lipinski definition) is 4. The van der Waals surface area contributed by atoms with Crippen LogP contribution in [0.4, 0.5) is 0 Å². The summed E-state index contributed by atoms with van der Waals surface area (Å²) in [5, 5.41) is 0. The first kappa shape index (κ1) is 16.3. The second-order valence-corrected chi connectivity index (χ2v) is 5.50. The van der Waals surface area contributed by atoms with Crippen LogP contribution in [0.15, 0.2) is 18.2 Å². The van der Waals surface area contributed by atoms with E-state index in [0.717, 1.165) is 38.0 Å². The Morgan fingerprint density at radius 2 is 2.10 bits per heavy atom. The van der Waals surface area contributed by atoms with Gasteiger partial charge in [0, 0.05) is 6.61 Å². The van der Waals surface area contributed by atoms with Gasteiger partial charge >= 0.3 is 0 Å². The maximum absolute atomic E-state index is 6.34. The summed E-state index contributed by atoms with van der Waals surface area (Å²) in [6.45, 7) is 4.25. The van der Waals surface area contributed by atoms with Crippen molar-refractivity contribution in [3.8, 4) is 5.75 Å². The fraction of sp³-hybridized carbons (Fsp3) is 0.647. The minimum absolute atomic E-state index is 0.0599. The maximum atomic E-state index is 6.34. The molecule has 4 heteroatoms. The first-order valence-electron chi connectivity index (χ1n) is 7.88. The van der Waals surface area contributed by atoms with E-state index in [-0.39, 0.29) is 12.1 Å². The molecule has 1 aromatic carbocycles. The third kappa shape index (κ3) is 4.43. The van der Waals surface area contributed by atoms with Gasteiger partial charge in [-0.3, -0.25) is 0 Å². The van der Waals surface area contributed by atoms with Crippen LogP contribution in [0.1, 0.15) is 43.4 Å². The lowest BCUT2D eigenvalue weighted by Gasteiger charge is -2.31. The van der Waals surface area contributed by atoms with Crippen LogP contribution in [0, 0.1) is 0 Å². The minimum Gasteiger partial charge on any atom is -0.497 e. The Bertz CT molecular complexity index is 436. The van der Waals surface area contributed by atoms with E-state index in [0.29, 0.717) is 13.2 Å². The van der Waals surface area contributed by atoms with Crippen molar-refractivity contribution in [3.05, 3.63) is 29.3 Å². The normalized spacial score (nSPS) is 21.1. The molecule has 2 unspecified atom stereocenters. The Kier molecular flexibility index (Phi) is 6.49. The summed E-state index contributed by atoms with van der Waals surface area (Å²) in [6, 6.07) is 6.05. The van der Waals surface area contributed by atoms with Gasteiger partial charge in [-0.2, -0.15) is 0 Å². The van der Waals surface area contributed by atoms with Gasteiger partial charge in [0.2, 0.25) is 0 Å². The van der Waals surface area contributed by atoms with E-state index >= 15 is 0 Å². The summed E-state index contributed by atoms with van der Waals surface area (Å²) >= 11 is 0. The van der Waals surface area contributed by atoms with Crippen molar-refractivity contribution in [2.45, 2.75) is 44.8 Å². The third-order valence-corrected chi connectivity index (χ3v) is 4.01. The monoisotopic (exact) mass is 293 g/mol. The number of nitrogens with two attached hydrogens (primary N) is 1. The van der Waals surface area contributed by atoms with Crippen molar-refractivity contribution in [2.24, 2.45) is 5.73 Å². The maximum Gasteiger partial charge on any atom is 0.119 e. The molecule has 0 aliphatic heterocycles. The lowest BCUT2D eigenvalue weighted by atomic mass is 9.86. The predicted molar refractivity (Wildman–Crippen MR) is 83.7 cm³/mol. The predicted octanol–water partition coefficient (Wildman–Crippen LogP) is 2.84. The summed E-state index contributed by atoms with van der Waals surface area (Å²) in [4.78, 5) is 0. The van der Waals surface area contributed by atoms with Crippen LogP contribution in [0.25, 0.3) is 0 Å². The summed E-state index contributed by atoms with van der Waals surface area (Å²) in [5.74, 6) is 0.893. The summed E-state index contributed by atoms with van der Waals surface area (Å²) in [7, 11) is 1.69. The van der Waals surface area contributed by atoms with Gasteiger partial charge in [-0.25, -0.2) is 0 Å². The van der Waals surface area contributed by atoms with Crippen LogP contribution in [0.5, 0.6) is 5.75 Å². The van der Waals surface area contributed by atoms with Gasteiger partial charge < -0.3 is 19.9 Å². The van der Waals surface area contributed by atoms with Crippen molar-refractivity contribution in [3.63, 3.8) is 0 Å². The molecule has 1 aliphatic carbocycles. The number of methoxy groups -OCH3 is 1. The molecule has 0 radical (unpaired) electrons. The molecule has 2 rings (SSSR count). The molecule has 2 atom stereocenters. The van der Waals surface area contributed by atoms with Crippen molar-refractivity contribution < 1.29 is 14.2 Å². The zero-order valence-electron chi connectivity index (χ0n) is 13.1. The summed E-state index contributed by atoms with van der Waals surface area (Å²) in [5.41, 5.74) is 8.80. The van der Waals surface area contributed by atoms with Gasteiger partial charge in [0.15, 0.2) is 0 Å². The number of unbranched alkanes of at least 4 members (excludes halogenated alkanes) is 1. The molecule has 0 amide bonds. The van der Waals surface area contributed by atoms with Gasteiger partial charge in [0.1, 0.15) is 5.75 Å². The molecule has 0 aromatic heterocycles. The smallest absolute Gasteiger partial charge is 0.119 e. The fourth-order valence-corrected chi connectivity index (χ4v) is 2.72. The van der Waals surface area contributed by atoms with E-state index in [1.165, 1.54) is 11.1 Å². The molecule has 2 N–H and O–H groups in total. The molecule has 0 fully saturated rings. The van der Waals surface area contributed by atoms with Gasteiger partial charge in [-0.05, 0) is 42.5 Å². The molecule has 1 aliphatic rings. The first-order valence-corrected chi connectivity index (χ1v) is 7.88. The van der Waals surface area contributed by atoms with Crippen molar-refractivity contribution in [1.29, 1.82) is 0 Å². The highest BCUT2D eigenvalue weighted by Crippen LogP contribution is 2.32. The zero-order valence-corrected chi connectivity index (χ0v) is 13.1. The van der Waals surface area contributed by atoms with E-state index in [2.05, 4.69) is 19.1 Å². The molecule has 21 heavy (non-hydrogen) atoms. The van der Waals surface area contributed by atoms with Crippen molar-refractivity contribution >= 4 is 0 Å². The van der Waals surface area contributed by atoms with Gasteiger partial charge in [-0.15, -0.1) is 0 Å². The Hall–Kier alpha value is -1.10. The first-order chi connectivity index (χ1) is 10.3. The Balaban J connectivity index is 1.81. The molecule has 0 spiro atoms.